The second-order valence-corrected chi connectivity index (χ2v) is 4.25. The minimum atomic E-state index is 1.09. The first-order chi connectivity index (χ1) is 7.18. The van der Waals surface area contributed by atoms with Gasteiger partial charge in [-0.15, -0.1) is 0 Å². The highest BCUT2D eigenvalue weighted by atomic mass is 15.0. The van der Waals surface area contributed by atoms with Crippen molar-refractivity contribution in [3.05, 3.63) is 36.0 Å². The molecule has 1 aromatic carbocycles. The number of likely N-dealkylation sites (N-methyl/N-ethyl adjacent to an activating group) is 1. The van der Waals surface area contributed by atoms with Gasteiger partial charge in [-0.05, 0) is 38.2 Å². The number of benzene rings is 1. The highest BCUT2D eigenvalue weighted by Crippen LogP contribution is 2.20. The molecule has 0 saturated carbocycles. The van der Waals surface area contributed by atoms with Gasteiger partial charge in [-0.25, -0.2) is 0 Å². The summed E-state index contributed by atoms with van der Waals surface area (Å²) in [6, 6.07) is 9.50. The second kappa shape index (κ2) is 4.07. The lowest BCUT2D eigenvalue weighted by molar-refractivity contribution is 0.414. The average Bonchev–Trinajstić information content (AvgIpc) is 2.54. The fraction of sp³-hybridized carbons (Fsp3) is 0.385. The molecule has 0 aliphatic heterocycles. The van der Waals surface area contributed by atoms with Crippen LogP contribution in [0.4, 0.5) is 0 Å². The van der Waals surface area contributed by atoms with E-state index >= 15 is 0 Å². The number of nitrogens with zero attached hydrogens (tertiary/aromatic N) is 2. The van der Waals surface area contributed by atoms with Gasteiger partial charge in [-0.1, -0.05) is 12.1 Å². The largest absolute Gasteiger partial charge is 0.350 e. The lowest BCUT2D eigenvalue weighted by Crippen LogP contribution is -2.14. The summed E-state index contributed by atoms with van der Waals surface area (Å²) < 4.78 is 2.18. The Labute approximate surface area is 91.1 Å². The van der Waals surface area contributed by atoms with Gasteiger partial charge in [0, 0.05) is 30.7 Å². The Morgan fingerprint density at radius 1 is 1.40 bits per heavy atom. The van der Waals surface area contributed by atoms with Crippen LogP contribution in [0.2, 0.25) is 0 Å². The summed E-state index contributed by atoms with van der Waals surface area (Å²) in [6.07, 6.45) is 3.30. The Bertz CT molecular complexity index is 455. The number of rotatable bonds is 3. The molecular weight excluding hydrogens is 184 g/mol. The first kappa shape index (κ1) is 10.2. The maximum Gasteiger partial charge on any atom is 0.0486 e. The van der Waals surface area contributed by atoms with Crippen LogP contribution in [0.15, 0.2) is 24.4 Å². The SMILES string of the molecule is CN(C)CCc1cn(C)c2ccc[c]c12. The summed E-state index contributed by atoms with van der Waals surface area (Å²) in [6.45, 7) is 1.09. The third-order valence-corrected chi connectivity index (χ3v) is 2.71. The summed E-state index contributed by atoms with van der Waals surface area (Å²) in [5.74, 6) is 0. The first-order valence-electron chi connectivity index (χ1n) is 5.28. The summed E-state index contributed by atoms with van der Waals surface area (Å²) in [4.78, 5) is 2.21. The van der Waals surface area contributed by atoms with E-state index in [0.717, 1.165) is 13.0 Å². The Hall–Kier alpha value is -1.28. The molecule has 0 saturated heterocycles. The molecule has 2 nitrogen and oxygen atoms in total. The van der Waals surface area contributed by atoms with E-state index in [4.69, 9.17) is 0 Å². The summed E-state index contributed by atoms with van der Waals surface area (Å²) in [7, 11) is 6.30. The van der Waals surface area contributed by atoms with Crippen LogP contribution < -0.4 is 0 Å². The van der Waals surface area contributed by atoms with Crippen molar-refractivity contribution in [3.8, 4) is 0 Å². The van der Waals surface area contributed by atoms with E-state index in [1.165, 1.54) is 16.5 Å². The highest BCUT2D eigenvalue weighted by molar-refractivity contribution is 5.83. The molecule has 0 fully saturated rings. The Morgan fingerprint density at radius 3 is 2.93 bits per heavy atom. The van der Waals surface area contributed by atoms with Gasteiger partial charge < -0.3 is 9.47 Å². The van der Waals surface area contributed by atoms with Gasteiger partial charge in [0.1, 0.15) is 0 Å². The van der Waals surface area contributed by atoms with Gasteiger partial charge in [0.2, 0.25) is 0 Å². The molecule has 79 valence electrons. The highest BCUT2D eigenvalue weighted by Gasteiger charge is 2.05. The third-order valence-electron chi connectivity index (χ3n) is 2.71. The van der Waals surface area contributed by atoms with E-state index in [1.807, 2.05) is 12.1 Å². The van der Waals surface area contributed by atoms with E-state index in [2.05, 4.69) is 48.9 Å². The maximum absolute atomic E-state index is 3.32. The van der Waals surface area contributed by atoms with Crippen molar-refractivity contribution in [3.63, 3.8) is 0 Å². The monoisotopic (exact) mass is 201 g/mol. The predicted octanol–water partition coefficient (Wildman–Crippen LogP) is 2.08. The molecule has 0 amide bonds. The van der Waals surface area contributed by atoms with Crippen molar-refractivity contribution in [2.45, 2.75) is 6.42 Å². The molecule has 15 heavy (non-hydrogen) atoms. The molecule has 1 aromatic heterocycles. The average molecular weight is 201 g/mol. The predicted molar refractivity (Wildman–Crippen MR) is 64.0 cm³/mol. The van der Waals surface area contributed by atoms with Crippen LogP contribution in [0.3, 0.4) is 0 Å². The van der Waals surface area contributed by atoms with Crippen molar-refractivity contribution >= 4 is 10.9 Å². The van der Waals surface area contributed by atoms with Crippen LogP contribution in [0, 0.1) is 6.07 Å². The smallest absolute Gasteiger partial charge is 0.0486 e. The number of hydrogen-bond donors (Lipinski definition) is 0. The normalized spacial score (nSPS) is 11.5. The van der Waals surface area contributed by atoms with E-state index in [-0.39, 0.29) is 0 Å². The molecule has 0 atom stereocenters. The van der Waals surface area contributed by atoms with Crippen molar-refractivity contribution in [1.29, 1.82) is 0 Å². The molecule has 2 aromatic rings. The zero-order valence-electron chi connectivity index (χ0n) is 9.62. The van der Waals surface area contributed by atoms with Gasteiger partial charge in [0.05, 0.1) is 0 Å². The molecule has 2 rings (SSSR count). The van der Waals surface area contributed by atoms with Crippen LogP contribution in [0.1, 0.15) is 5.56 Å². The zero-order chi connectivity index (χ0) is 10.8. The molecule has 0 aliphatic carbocycles. The van der Waals surface area contributed by atoms with Crippen LogP contribution >= 0.6 is 0 Å². The standard InChI is InChI=1S/C13H17N2/c1-14(2)9-8-11-10-15(3)13-7-5-4-6-12(11)13/h4-5,7,10H,8-9H2,1-3H3. The summed E-state index contributed by atoms with van der Waals surface area (Å²) in [5, 5.41) is 1.27. The van der Waals surface area contributed by atoms with E-state index in [9.17, 15) is 0 Å². The minimum Gasteiger partial charge on any atom is -0.350 e. The molecule has 1 heterocycles. The maximum atomic E-state index is 3.32. The molecule has 0 spiro atoms. The molecule has 2 heteroatoms. The van der Waals surface area contributed by atoms with Crippen LogP contribution in [0.5, 0.6) is 0 Å². The topological polar surface area (TPSA) is 8.17 Å². The Kier molecular flexibility index (Phi) is 2.78. The second-order valence-electron chi connectivity index (χ2n) is 4.25. The van der Waals surface area contributed by atoms with Crippen molar-refractivity contribution in [2.24, 2.45) is 7.05 Å². The van der Waals surface area contributed by atoms with Gasteiger partial charge in [0.15, 0.2) is 0 Å². The third kappa shape index (κ3) is 2.05. The van der Waals surface area contributed by atoms with Crippen molar-refractivity contribution in [2.75, 3.05) is 20.6 Å². The van der Waals surface area contributed by atoms with Gasteiger partial charge in [-0.3, -0.25) is 0 Å². The van der Waals surface area contributed by atoms with E-state index in [1.54, 1.807) is 0 Å². The lowest BCUT2D eigenvalue weighted by atomic mass is 10.1. The Balaban J connectivity index is 2.35. The molecule has 0 N–H and O–H groups in total. The van der Waals surface area contributed by atoms with Gasteiger partial charge in [-0.2, -0.15) is 0 Å². The number of fused-ring (bicyclic) bond motifs is 1. The van der Waals surface area contributed by atoms with Crippen LogP contribution in [-0.2, 0) is 13.5 Å². The van der Waals surface area contributed by atoms with E-state index in [0.29, 0.717) is 0 Å². The van der Waals surface area contributed by atoms with Crippen molar-refractivity contribution in [1.82, 2.24) is 9.47 Å². The molecular formula is C13H17N2. The minimum absolute atomic E-state index is 1.09. The zero-order valence-corrected chi connectivity index (χ0v) is 9.62. The molecule has 0 aliphatic rings. The van der Waals surface area contributed by atoms with Crippen LogP contribution in [0.25, 0.3) is 10.9 Å². The Morgan fingerprint density at radius 2 is 2.20 bits per heavy atom. The summed E-state index contributed by atoms with van der Waals surface area (Å²) >= 11 is 0. The molecule has 1 radical (unpaired) electrons. The van der Waals surface area contributed by atoms with Crippen molar-refractivity contribution < 1.29 is 0 Å². The summed E-state index contributed by atoms with van der Waals surface area (Å²) in [5.41, 5.74) is 2.66. The number of aryl methyl sites for hydroxylation is 1. The first-order valence-corrected chi connectivity index (χ1v) is 5.28. The molecule has 0 unspecified atom stereocenters. The number of aromatic nitrogens is 1. The van der Waals surface area contributed by atoms with Gasteiger partial charge >= 0.3 is 0 Å². The molecule has 0 bridgehead atoms. The van der Waals surface area contributed by atoms with Crippen LogP contribution in [-0.4, -0.2) is 30.1 Å². The fourth-order valence-corrected chi connectivity index (χ4v) is 1.88. The quantitative estimate of drug-likeness (QED) is 0.738. The van der Waals surface area contributed by atoms with Gasteiger partial charge in [0.25, 0.3) is 0 Å². The van der Waals surface area contributed by atoms with E-state index < -0.39 is 0 Å². The number of hydrogen-bond acceptors (Lipinski definition) is 1. The fourth-order valence-electron chi connectivity index (χ4n) is 1.88. The lowest BCUT2D eigenvalue weighted by Gasteiger charge is -2.07.